The van der Waals surface area contributed by atoms with Crippen LogP contribution >= 0.6 is 0 Å². The van der Waals surface area contributed by atoms with Gasteiger partial charge in [0.15, 0.2) is 0 Å². The predicted octanol–water partition coefficient (Wildman–Crippen LogP) is 0.137. The van der Waals surface area contributed by atoms with Crippen molar-refractivity contribution in [2.75, 3.05) is 13.1 Å². The van der Waals surface area contributed by atoms with Gasteiger partial charge in [0, 0.05) is 6.54 Å². The van der Waals surface area contributed by atoms with E-state index in [-0.39, 0.29) is 5.60 Å². The molecule has 2 fully saturated rings. The molecule has 2 heteroatoms. The van der Waals surface area contributed by atoms with E-state index < -0.39 is 0 Å². The fourth-order valence-corrected chi connectivity index (χ4v) is 1.38. The highest BCUT2D eigenvalue weighted by atomic mass is 16.6. The van der Waals surface area contributed by atoms with Gasteiger partial charge in [0.2, 0.25) is 0 Å². The summed E-state index contributed by atoms with van der Waals surface area (Å²) in [4.78, 5) is 0. The molecule has 0 radical (unpaired) electrons. The van der Waals surface area contributed by atoms with Crippen LogP contribution in [0.5, 0.6) is 0 Å². The quantitative estimate of drug-likeness (QED) is 0.452. The largest absolute Gasteiger partial charge is 0.365 e. The normalized spacial score (nSPS) is 52.9. The van der Waals surface area contributed by atoms with Crippen LogP contribution in [0.15, 0.2) is 0 Å². The molecule has 2 aliphatic rings. The summed E-state index contributed by atoms with van der Waals surface area (Å²) in [6, 6.07) is 0. The third-order valence-electron chi connectivity index (χ3n) is 2.09. The lowest BCUT2D eigenvalue weighted by Crippen LogP contribution is -2.35. The van der Waals surface area contributed by atoms with E-state index in [9.17, 15) is 0 Å². The molecule has 2 rings (SSSR count). The smallest absolute Gasteiger partial charge is 0.104 e. The fourth-order valence-electron chi connectivity index (χ4n) is 1.38. The van der Waals surface area contributed by atoms with Crippen molar-refractivity contribution in [3.05, 3.63) is 0 Å². The number of nitrogens with one attached hydrogen (secondary N) is 1. The van der Waals surface area contributed by atoms with Crippen LogP contribution < -0.4 is 5.32 Å². The molecule has 0 aliphatic carbocycles. The van der Waals surface area contributed by atoms with Gasteiger partial charge >= 0.3 is 0 Å². The average Bonchev–Trinajstić information content (AvgIpc) is 2.39. The predicted molar refractivity (Wildman–Crippen MR) is 30.8 cm³/mol. The van der Waals surface area contributed by atoms with E-state index in [1.165, 1.54) is 6.42 Å². The minimum Gasteiger partial charge on any atom is -0.365 e. The molecule has 2 heterocycles. The van der Waals surface area contributed by atoms with Gasteiger partial charge in [-0.1, -0.05) is 0 Å². The van der Waals surface area contributed by atoms with Gasteiger partial charge in [0.25, 0.3) is 0 Å². The molecule has 0 amide bonds. The summed E-state index contributed by atoms with van der Waals surface area (Å²) in [6.45, 7) is 4.36. The van der Waals surface area contributed by atoms with E-state index in [1.807, 2.05) is 0 Å². The van der Waals surface area contributed by atoms with Crippen LogP contribution in [0.1, 0.15) is 13.3 Å². The first kappa shape index (κ1) is 4.77. The molecule has 0 spiro atoms. The monoisotopic (exact) mass is 113 g/mol. The Bertz CT molecular complexity index is 113. The Kier molecular flexibility index (Phi) is 0.746. The second kappa shape index (κ2) is 1.25. The molecule has 1 N–H and O–H groups in total. The first-order valence-corrected chi connectivity index (χ1v) is 3.20. The SMILES string of the molecule is CC12CNCCC1O2. The second-order valence-electron chi connectivity index (χ2n) is 2.88. The molecular weight excluding hydrogens is 102 g/mol. The Morgan fingerprint density at radius 2 is 2.62 bits per heavy atom. The van der Waals surface area contributed by atoms with Crippen molar-refractivity contribution in [2.24, 2.45) is 0 Å². The number of piperidine rings is 1. The average molecular weight is 113 g/mol. The van der Waals surface area contributed by atoms with Crippen molar-refractivity contribution in [2.45, 2.75) is 25.0 Å². The highest BCUT2D eigenvalue weighted by Crippen LogP contribution is 2.39. The summed E-state index contributed by atoms with van der Waals surface area (Å²) in [5, 5.41) is 3.29. The third kappa shape index (κ3) is 0.501. The van der Waals surface area contributed by atoms with Crippen LogP contribution in [-0.2, 0) is 4.74 Å². The molecule has 2 aliphatic heterocycles. The highest BCUT2D eigenvalue weighted by molar-refractivity contribution is 5.03. The molecule has 2 atom stereocenters. The first-order valence-electron chi connectivity index (χ1n) is 3.20. The number of hydrogen-bond donors (Lipinski definition) is 1. The van der Waals surface area contributed by atoms with Crippen LogP contribution in [0.2, 0.25) is 0 Å². The molecule has 8 heavy (non-hydrogen) atoms. The van der Waals surface area contributed by atoms with Crippen LogP contribution in [0.3, 0.4) is 0 Å². The van der Waals surface area contributed by atoms with E-state index in [2.05, 4.69) is 12.2 Å². The summed E-state index contributed by atoms with van der Waals surface area (Å²) in [5.41, 5.74) is 0.234. The molecule has 2 saturated heterocycles. The Balaban J connectivity index is 2.04. The molecule has 0 aromatic carbocycles. The minimum absolute atomic E-state index is 0.234. The van der Waals surface area contributed by atoms with Crippen LogP contribution in [0.25, 0.3) is 0 Å². The lowest BCUT2D eigenvalue weighted by Gasteiger charge is -2.12. The maximum atomic E-state index is 5.40. The minimum atomic E-state index is 0.234. The summed E-state index contributed by atoms with van der Waals surface area (Å²) < 4.78 is 5.40. The Hall–Kier alpha value is -0.0800. The number of epoxide rings is 1. The van der Waals surface area contributed by atoms with Crippen molar-refractivity contribution >= 4 is 0 Å². The second-order valence-corrected chi connectivity index (χ2v) is 2.88. The van der Waals surface area contributed by atoms with E-state index in [0.29, 0.717) is 6.10 Å². The molecule has 2 nitrogen and oxygen atoms in total. The van der Waals surface area contributed by atoms with Gasteiger partial charge < -0.3 is 10.1 Å². The molecular formula is C6H11NO. The van der Waals surface area contributed by atoms with Gasteiger partial charge in [0.05, 0.1) is 6.10 Å². The van der Waals surface area contributed by atoms with Gasteiger partial charge in [0.1, 0.15) is 5.60 Å². The molecule has 0 aromatic heterocycles. The summed E-state index contributed by atoms with van der Waals surface area (Å²) in [7, 11) is 0. The zero-order chi connectivity index (χ0) is 5.61. The van der Waals surface area contributed by atoms with E-state index in [4.69, 9.17) is 4.74 Å². The van der Waals surface area contributed by atoms with Crippen LogP contribution in [-0.4, -0.2) is 24.8 Å². The lowest BCUT2D eigenvalue weighted by atomic mass is 10.0. The Labute approximate surface area is 49.2 Å². The van der Waals surface area contributed by atoms with Crippen LogP contribution in [0.4, 0.5) is 0 Å². The third-order valence-corrected chi connectivity index (χ3v) is 2.09. The van der Waals surface area contributed by atoms with Crippen LogP contribution in [0, 0.1) is 0 Å². The summed E-state index contributed by atoms with van der Waals surface area (Å²) in [6.07, 6.45) is 1.79. The number of fused-ring (bicyclic) bond motifs is 1. The van der Waals surface area contributed by atoms with Crippen molar-refractivity contribution in [1.29, 1.82) is 0 Å². The topological polar surface area (TPSA) is 24.6 Å². The fraction of sp³-hybridized carbons (Fsp3) is 1.00. The molecule has 2 unspecified atom stereocenters. The van der Waals surface area contributed by atoms with E-state index in [0.717, 1.165) is 13.1 Å². The highest BCUT2D eigenvalue weighted by Gasteiger charge is 2.53. The zero-order valence-electron chi connectivity index (χ0n) is 5.11. The maximum Gasteiger partial charge on any atom is 0.104 e. The van der Waals surface area contributed by atoms with Crippen molar-refractivity contribution in [3.63, 3.8) is 0 Å². The lowest BCUT2D eigenvalue weighted by molar-refractivity contribution is 0.314. The van der Waals surface area contributed by atoms with Gasteiger partial charge in [-0.3, -0.25) is 0 Å². The molecule has 0 aromatic rings. The molecule has 46 valence electrons. The summed E-state index contributed by atoms with van der Waals surface area (Å²) in [5.74, 6) is 0. The molecule has 0 bridgehead atoms. The van der Waals surface area contributed by atoms with Gasteiger partial charge in [-0.05, 0) is 19.9 Å². The van der Waals surface area contributed by atoms with E-state index >= 15 is 0 Å². The Morgan fingerprint density at radius 3 is 3.12 bits per heavy atom. The van der Waals surface area contributed by atoms with Gasteiger partial charge in [-0.25, -0.2) is 0 Å². The maximum absolute atomic E-state index is 5.40. The van der Waals surface area contributed by atoms with E-state index in [1.54, 1.807) is 0 Å². The summed E-state index contributed by atoms with van der Waals surface area (Å²) >= 11 is 0. The van der Waals surface area contributed by atoms with Crippen molar-refractivity contribution in [3.8, 4) is 0 Å². The number of ether oxygens (including phenoxy) is 1. The van der Waals surface area contributed by atoms with Gasteiger partial charge in [-0.15, -0.1) is 0 Å². The zero-order valence-corrected chi connectivity index (χ0v) is 5.11. The molecule has 0 saturated carbocycles. The van der Waals surface area contributed by atoms with Gasteiger partial charge in [-0.2, -0.15) is 0 Å². The number of hydrogen-bond acceptors (Lipinski definition) is 2. The standard InChI is InChI=1S/C6H11NO/c1-6-4-7-3-2-5(6)8-6/h5,7H,2-4H2,1H3. The van der Waals surface area contributed by atoms with Crippen molar-refractivity contribution in [1.82, 2.24) is 5.32 Å². The Morgan fingerprint density at radius 1 is 1.75 bits per heavy atom. The number of rotatable bonds is 0. The van der Waals surface area contributed by atoms with Crippen molar-refractivity contribution < 1.29 is 4.74 Å². The first-order chi connectivity index (χ1) is 3.81.